The summed E-state index contributed by atoms with van der Waals surface area (Å²) in [6.45, 7) is 1.71. The van der Waals surface area contributed by atoms with Gasteiger partial charge in [0.1, 0.15) is 12.2 Å². The molecule has 0 aromatic heterocycles. The van der Waals surface area contributed by atoms with Crippen molar-refractivity contribution in [3.8, 4) is 0 Å². The molecule has 2 atom stereocenters. The minimum atomic E-state index is -1.87. The molecule has 0 saturated carbocycles. The first-order valence-electron chi connectivity index (χ1n) is 5.31. The second-order valence-electron chi connectivity index (χ2n) is 4.29. The molecule has 1 aliphatic rings. The average molecular weight is 240 g/mol. The highest BCUT2D eigenvalue weighted by atomic mass is 19.1. The Balaban J connectivity index is 2.47. The third kappa shape index (κ3) is 2.30. The third-order valence-corrected chi connectivity index (χ3v) is 2.78. The van der Waals surface area contributed by atoms with Crippen LogP contribution in [0.4, 0.5) is 4.39 Å². The minimum Gasteiger partial charge on any atom is -0.481 e. The molecule has 0 fully saturated rings. The van der Waals surface area contributed by atoms with Crippen molar-refractivity contribution in [2.24, 2.45) is 0 Å². The first kappa shape index (κ1) is 12.0. The van der Waals surface area contributed by atoms with Crippen LogP contribution in [0.1, 0.15) is 24.5 Å². The molecule has 92 valence electrons. The molecule has 2 N–H and O–H groups in total. The number of carbonyl (C=O) groups is 1. The Bertz CT molecular complexity index is 460. The fraction of sp³-hybridized carbons (Fsp3) is 0.417. The number of carboxylic acids is 1. The molecule has 0 radical (unpaired) electrons. The lowest BCUT2D eigenvalue weighted by Crippen LogP contribution is -2.41. The Labute approximate surface area is 97.6 Å². The van der Waals surface area contributed by atoms with E-state index in [2.05, 4.69) is 0 Å². The van der Waals surface area contributed by atoms with E-state index in [1.807, 2.05) is 0 Å². The molecule has 0 saturated heterocycles. The van der Waals surface area contributed by atoms with Gasteiger partial charge in [0.2, 0.25) is 5.79 Å². The number of benzene rings is 1. The van der Waals surface area contributed by atoms with Crippen molar-refractivity contribution in [1.82, 2.24) is 0 Å². The molecular formula is C12H13FO4. The van der Waals surface area contributed by atoms with Crippen LogP contribution < -0.4 is 0 Å². The molecule has 0 spiro atoms. The second-order valence-corrected chi connectivity index (χ2v) is 4.29. The molecule has 1 aromatic rings. The van der Waals surface area contributed by atoms with Crippen LogP contribution in [0.15, 0.2) is 18.2 Å². The molecule has 2 rings (SSSR count). The predicted octanol–water partition coefficient (Wildman–Crippen LogP) is 1.41. The van der Waals surface area contributed by atoms with Crippen molar-refractivity contribution in [3.63, 3.8) is 0 Å². The van der Waals surface area contributed by atoms with Crippen molar-refractivity contribution < 1.29 is 24.1 Å². The Morgan fingerprint density at radius 1 is 1.65 bits per heavy atom. The number of aliphatic hydroxyl groups is 1. The van der Waals surface area contributed by atoms with Gasteiger partial charge in [-0.25, -0.2) is 4.39 Å². The van der Waals surface area contributed by atoms with E-state index in [4.69, 9.17) is 9.84 Å². The summed E-state index contributed by atoms with van der Waals surface area (Å²) in [5.74, 6) is -3.44. The standard InChI is InChI=1S/C12H13FO4/c1-7-4-8-5-9(13)2-3-10(8)12(16,17-7)6-11(14)15/h2-3,5,7,16H,4,6H2,1H3,(H,14,15)/t7-,12?/m1/s1. The number of aliphatic carboxylic acids is 1. The molecule has 0 aliphatic carbocycles. The smallest absolute Gasteiger partial charge is 0.309 e. The maximum Gasteiger partial charge on any atom is 0.309 e. The summed E-state index contributed by atoms with van der Waals surface area (Å²) in [5, 5.41) is 19.0. The highest BCUT2D eigenvalue weighted by Crippen LogP contribution is 2.36. The number of carboxylic acid groups (broad SMARTS) is 1. The van der Waals surface area contributed by atoms with E-state index in [0.717, 1.165) is 0 Å². The van der Waals surface area contributed by atoms with Crippen LogP contribution in [-0.4, -0.2) is 22.3 Å². The van der Waals surface area contributed by atoms with E-state index >= 15 is 0 Å². The fourth-order valence-electron chi connectivity index (χ4n) is 2.20. The summed E-state index contributed by atoms with van der Waals surface area (Å²) < 4.78 is 18.4. The van der Waals surface area contributed by atoms with Crippen LogP contribution in [-0.2, 0) is 21.7 Å². The van der Waals surface area contributed by atoms with Crippen LogP contribution in [0.3, 0.4) is 0 Å². The lowest BCUT2D eigenvalue weighted by Gasteiger charge is -2.36. The zero-order chi connectivity index (χ0) is 12.6. The van der Waals surface area contributed by atoms with E-state index in [1.54, 1.807) is 6.92 Å². The van der Waals surface area contributed by atoms with Crippen LogP contribution in [0.2, 0.25) is 0 Å². The number of ether oxygens (including phenoxy) is 1. The molecule has 0 amide bonds. The number of hydrogen-bond acceptors (Lipinski definition) is 3. The Kier molecular flexibility index (Phi) is 2.89. The van der Waals surface area contributed by atoms with Crippen LogP contribution in [0.5, 0.6) is 0 Å². The third-order valence-electron chi connectivity index (χ3n) is 2.78. The van der Waals surface area contributed by atoms with Crippen molar-refractivity contribution in [2.75, 3.05) is 0 Å². The summed E-state index contributed by atoms with van der Waals surface area (Å²) in [7, 11) is 0. The van der Waals surface area contributed by atoms with Crippen LogP contribution in [0.25, 0.3) is 0 Å². The van der Waals surface area contributed by atoms with Crippen molar-refractivity contribution in [2.45, 2.75) is 31.7 Å². The van der Waals surface area contributed by atoms with Gasteiger partial charge in [0.05, 0.1) is 6.10 Å². The summed E-state index contributed by atoms with van der Waals surface area (Å²) >= 11 is 0. The number of fused-ring (bicyclic) bond motifs is 1. The van der Waals surface area contributed by atoms with E-state index < -0.39 is 24.0 Å². The normalized spacial score (nSPS) is 27.6. The fourth-order valence-corrected chi connectivity index (χ4v) is 2.20. The van der Waals surface area contributed by atoms with E-state index in [1.165, 1.54) is 18.2 Å². The summed E-state index contributed by atoms with van der Waals surface area (Å²) in [4.78, 5) is 10.7. The lowest BCUT2D eigenvalue weighted by atomic mass is 9.90. The monoisotopic (exact) mass is 240 g/mol. The molecule has 1 unspecified atom stereocenters. The molecule has 1 aromatic carbocycles. The predicted molar refractivity (Wildman–Crippen MR) is 56.8 cm³/mol. The lowest BCUT2D eigenvalue weighted by molar-refractivity contribution is -0.247. The summed E-state index contributed by atoms with van der Waals surface area (Å²) in [5.41, 5.74) is 0.923. The van der Waals surface area contributed by atoms with Gasteiger partial charge in [-0.2, -0.15) is 0 Å². The van der Waals surface area contributed by atoms with Crippen molar-refractivity contribution >= 4 is 5.97 Å². The van der Waals surface area contributed by atoms with Gasteiger partial charge in [0, 0.05) is 5.56 Å². The first-order valence-corrected chi connectivity index (χ1v) is 5.31. The van der Waals surface area contributed by atoms with Gasteiger partial charge in [-0.05, 0) is 31.0 Å². The molecule has 0 bridgehead atoms. The molecule has 1 heterocycles. The van der Waals surface area contributed by atoms with Gasteiger partial charge in [0.25, 0.3) is 0 Å². The van der Waals surface area contributed by atoms with E-state index in [0.29, 0.717) is 17.5 Å². The van der Waals surface area contributed by atoms with Gasteiger partial charge in [0.15, 0.2) is 0 Å². The molecule has 1 aliphatic heterocycles. The molecule has 4 nitrogen and oxygen atoms in total. The number of hydrogen-bond donors (Lipinski definition) is 2. The topological polar surface area (TPSA) is 66.8 Å². The largest absolute Gasteiger partial charge is 0.481 e. The van der Waals surface area contributed by atoms with Crippen LogP contribution in [0, 0.1) is 5.82 Å². The van der Waals surface area contributed by atoms with Gasteiger partial charge >= 0.3 is 5.97 Å². The van der Waals surface area contributed by atoms with Crippen molar-refractivity contribution in [3.05, 3.63) is 35.1 Å². The Morgan fingerprint density at radius 2 is 2.35 bits per heavy atom. The molecular weight excluding hydrogens is 227 g/mol. The first-order chi connectivity index (χ1) is 7.90. The zero-order valence-corrected chi connectivity index (χ0v) is 9.31. The maximum absolute atomic E-state index is 13.1. The number of halogens is 1. The molecule has 17 heavy (non-hydrogen) atoms. The highest BCUT2D eigenvalue weighted by molar-refractivity contribution is 5.68. The minimum absolute atomic E-state index is 0.333. The summed E-state index contributed by atoms with van der Waals surface area (Å²) in [6, 6.07) is 3.87. The quantitative estimate of drug-likeness (QED) is 0.820. The van der Waals surface area contributed by atoms with E-state index in [9.17, 15) is 14.3 Å². The van der Waals surface area contributed by atoms with Crippen molar-refractivity contribution in [1.29, 1.82) is 0 Å². The number of rotatable bonds is 2. The van der Waals surface area contributed by atoms with Gasteiger partial charge in [-0.3, -0.25) is 4.79 Å². The zero-order valence-electron chi connectivity index (χ0n) is 9.31. The van der Waals surface area contributed by atoms with Gasteiger partial charge in [-0.1, -0.05) is 6.07 Å². The van der Waals surface area contributed by atoms with Gasteiger partial charge in [-0.15, -0.1) is 0 Å². The summed E-state index contributed by atoms with van der Waals surface area (Å²) in [6.07, 6.45) is -0.459. The van der Waals surface area contributed by atoms with Gasteiger partial charge < -0.3 is 14.9 Å². The SMILES string of the molecule is C[C@@H]1Cc2cc(F)ccc2C(O)(CC(=O)O)O1. The second kappa shape index (κ2) is 4.09. The molecule has 5 heteroatoms. The Morgan fingerprint density at radius 3 is 3.00 bits per heavy atom. The average Bonchev–Trinajstić information content (AvgIpc) is 2.13. The maximum atomic E-state index is 13.1. The van der Waals surface area contributed by atoms with Crippen LogP contribution >= 0.6 is 0 Å². The highest BCUT2D eigenvalue weighted by Gasteiger charge is 2.40. The Hall–Kier alpha value is -1.46. The van der Waals surface area contributed by atoms with E-state index in [-0.39, 0.29) is 6.10 Å².